The summed E-state index contributed by atoms with van der Waals surface area (Å²) in [5, 5.41) is 0.476. The van der Waals surface area contributed by atoms with Crippen molar-refractivity contribution in [1.82, 2.24) is 9.80 Å². The Morgan fingerprint density at radius 3 is 2.55 bits per heavy atom. The first-order valence-corrected chi connectivity index (χ1v) is 10.2. The number of carbonyl (C=O) groups is 2. The minimum atomic E-state index is -0.778. The van der Waals surface area contributed by atoms with Gasteiger partial charge in [-0.15, -0.1) is 0 Å². The number of anilines is 1. The number of piperidine rings is 1. The zero-order valence-corrected chi connectivity index (χ0v) is 18.1. The van der Waals surface area contributed by atoms with Crippen LogP contribution in [0.4, 0.5) is 16.2 Å². The van der Waals surface area contributed by atoms with Crippen molar-refractivity contribution in [3.63, 3.8) is 0 Å². The van der Waals surface area contributed by atoms with Crippen molar-refractivity contribution in [2.45, 2.75) is 52.1 Å². The van der Waals surface area contributed by atoms with Crippen LogP contribution in [-0.4, -0.2) is 58.2 Å². The van der Waals surface area contributed by atoms with Gasteiger partial charge in [0.15, 0.2) is 10.8 Å². The van der Waals surface area contributed by atoms with E-state index in [-0.39, 0.29) is 18.0 Å². The summed E-state index contributed by atoms with van der Waals surface area (Å²) in [5.74, 6) is -0.0784. The number of thiocarbonyl (C=S) groups is 1. The van der Waals surface area contributed by atoms with Crippen molar-refractivity contribution in [3.8, 4) is 0 Å². The van der Waals surface area contributed by atoms with Gasteiger partial charge in [0.1, 0.15) is 5.54 Å². The molecule has 0 unspecified atom stereocenters. The fraction of sp³-hybridized carbons (Fsp3) is 0.524. The van der Waals surface area contributed by atoms with E-state index in [4.69, 9.17) is 23.5 Å². The van der Waals surface area contributed by atoms with Crippen LogP contribution in [0.1, 0.15) is 39.2 Å². The molecule has 8 heteroatoms. The molecule has 2 fully saturated rings. The molecule has 2 heterocycles. The maximum Gasteiger partial charge on any atom is 0.409 e. The maximum atomic E-state index is 13.3. The highest BCUT2D eigenvalue weighted by atomic mass is 32.1. The minimum Gasteiger partial charge on any atom is -0.450 e. The van der Waals surface area contributed by atoms with Gasteiger partial charge in [0.25, 0.3) is 5.91 Å². The van der Waals surface area contributed by atoms with Crippen molar-refractivity contribution in [2.24, 2.45) is 0 Å². The number of ether oxygens (including phenoxy) is 1. The van der Waals surface area contributed by atoms with E-state index in [9.17, 15) is 9.59 Å². The molecule has 154 valence electrons. The number of hydrogen-bond acceptors (Lipinski definition) is 4. The van der Waals surface area contributed by atoms with E-state index in [1.165, 1.54) is 0 Å². The SMILES string of the molecule is [C-]#[N+]c1ccc(N2C(=O)C(C)(C)N(C3CCN(C(=O)OCC)CC3)C2=S)cc1C. The fourth-order valence-electron chi connectivity index (χ4n) is 4.08. The largest absolute Gasteiger partial charge is 0.450 e. The first kappa shape index (κ1) is 21.1. The molecule has 3 rings (SSSR count). The molecule has 0 aliphatic carbocycles. The molecule has 0 atom stereocenters. The van der Waals surface area contributed by atoms with Crippen molar-refractivity contribution >= 4 is 40.7 Å². The molecule has 2 amide bonds. The third-order valence-corrected chi connectivity index (χ3v) is 6.02. The Labute approximate surface area is 177 Å². The number of likely N-dealkylation sites (tertiary alicyclic amines) is 1. The number of rotatable bonds is 3. The molecule has 2 aliphatic heterocycles. The third kappa shape index (κ3) is 3.67. The van der Waals surface area contributed by atoms with Crippen molar-refractivity contribution in [1.29, 1.82) is 0 Å². The van der Waals surface area contributed by atoms with Gasteiger partial charge in [0.05, 0.1) is 13.2 Å². The molecule has 0 radical (unpaired) electrons. The topological polar surface area (TPSA) is 57.5 Å². The Bertz CT molecular complexity index is 884. The molecule has 0 N–H and O–H groups in total. The smallest absolute Gasteiger partial charge is 0.409 e. The molecule has 2 saturated heterocycles. The predicted molar refractivity (Wildman–Crippen MR) is 115 cm³/mol. The molecule has 0 spiro atoms. The van der Waals surface area contributed by atoms with E-state index in [0.29, 0.717) is 36.2 Å². The summed E-state index contributed by atoms with van der Waals surface area (Å²) in [6, 6.07) is 5.40. The van der Waals surface area contributed by atoms with Crippen molar-refractivity contribution in [2.75, 3.05) is 24.6 Å². The van der Waals surface area contributed by atoms with Gasteiger partial charge in [-0.05, 0) is 70.5 Å². The second-order valence-corrected chi connectivity index (χ2v) is 8.22. The van der Waals surface area contributed by atoms with Gasteiger partial charge in [-0.3, -0.25) is 9.69 Å². The van der Waals surface area contributed by atoms with Crippen LogP contribution >= 0.6 is 12.2 Å². The standard InChI is InChI=1S/C21H26N4O3S/c1-6-28-20(27)23-11-9-15(10-12-23)25-19(29)24(18(26)21(25,3)4)16-7-8-17(22-5)14(2)13-16/h7-8,13,15H,6,9-12H2,1-4H3. The van der Waals surface area contributed by atoms with E-state index >= 15 is 0 Å². The van der Waals surface area contributed by atoms with E-state index in [0.717, 1.165) is 18.4 Å². The van der Waals surface area contributed by atoms with Gasteiger partial charge >= 0.3 is 6.09 Å². The van der Waals surface area contributed by atoms with Crippen LogP contribution in [0, 0.1) is 13.5 Å². The predicted octanol–water partition coefficient (Wildman–Crippen LogP) is 3.88. The third-order valence-electron chi connectivity index (χ3n) is 5.64. The lowest BCUT2D eigenvalue weighted by atomic mass is 9.96. The average Bonchev–Trinajstić information content (AvgIpc) is 2.86. The lowest BCUT2D eigenvalue weighted by molar-refractivity contribution is -0.124. The fourth-order valence-corrected chi connectivity index (χ4v) is 4.64. The summed E-state index contributed by atoms with van der Waals surface area (Å²) in [5.41, 5.74) is 1.28. The summed E-state index contributed by atoms with van der Waals surface area (Å²) < 4.78 is 5.09. The quantitative estimate of drug-likeness (QED) is 0.555. The van der Waals surface area contributed by atoms with Gasteiger partial charge in [-0.25, -0.2) is 9.64 Å². The number of benzene rings is 1. The summed E-state index contributed by atoms with van der Waals surface area (Å²) in [7, 11) is 0. The van der Waals surface area contributed by atoms with Crippen molar-refractivity contribution < 1.29 is 14.3 Å². The lowest BCUT2D eigenvalue weighted by Gasteiger charge is -2.41. The van der Waals surface area contributed by atoms with Crippen LogP contribution in [0.3, 0.4) is 0 Å². The first-order chi connectivity index (χ1) is 13.7. The van der Waals surface area contributed by atoms with Gasteiger partial charge in [-0.2, -0.15) is 0 Å². The Balaban J connectivity index is 1.82. The Hall–Kier alpha value is -2.66. The van der Waals surface area contributed by atoms with Crippen molar-refractivity contribution in [3.05, 3.63) is 35.2 Å². The Morgan fingerprint density at radius 2 is 2.00 bits per heavy atom. The van der Waals surface area contributed by atoms with E-state index in [1.54, 1.807) is 28.9 Å². The number of carbonyl (C=O) groups excluding carboxylic acids is 2. The molecule has 7 nitrogen and oxygen atoms in total. The number of nitrogens with zero attached hydrogens (tertiary/aromatic N) is 4. The molecule has 0 bridgehead atoms. The lowest BCUT2D eigenvalue weighted by Crippen LogP contribution is -2.54. The highest BCUT2D eigenvalue weighted by molar-refractivity contribution is 7.80. The number of hydrogen-bond donors (Lipinski definition) is 0. The minimum absolute atomic E-state index is 0.0701. The summed E-state index contributed by atoms with van der Waals surface area (Å²) in [6.45, 7) is 16.2. The molecule has 0 saturated carbocycles. The highest BCUT2D eigenvalue weighted by Gasteiger charge is 2.52. The average molecular weight is 415 g/mol. The molecular weight excluding hydrogens is 388 g/mol. The van der Waals surface area contributed by atoms with Crippen LogP contribution in [0.25, 0.3) is 4.85 Å². The molecule has 29 heavy (non-hydrogen) atoms. The van der Waals surface area contributed by atoms with Crippen LogP contribution < -0.4 is 4.90 Å². The van der Waals surface area contributed by atoms with E-state index in [1.807, 2.05) is 31.7 Å². The Kier molecular flexibility index (Phi) is 5.80. The second-order valence-electron chi connectivity index (χ2n) is 7.85. The molecular formula is C21H26N4O3S. The number of aryl methyl sites for hydroxylation is 1. The summed E-state index contributed by atoms with van der Waals surface area (Å²) >= 11 is 5.74. The van der Waals surface area contributed by atoms with Gasteiger partial charge in [0.2, 0.25) is 0 Å². The summed E-state index contributed by atoms with van der Waals surface area (Å²) in [4.78, 5) is 34.0. The van der Waals surface area contributed by atoms with Gasteiger partial charge < -0.3 is 14.5 Å². The molecule has 0 aromatic heterocycles. The Morgan fingerprint density at radius 1 is 1.34 bits per heavy atom. The van der Waals surface area contributed by atoms with Gasteiger partial charge in [-0.1, -0.05) is 6.07 Å². The number of amides is 2. The van der Waals surface area contributed by atoms with Crippen LogP contribution in [0.2, 0.25) is 0 Å². The second kappa shape index (κ2) is 7.99. The zero-order valence-electron chi connectivity index (χ0n) is 17.3. The monoisotopic (exact) mass is 414 g/mol. The normalized spacial score (nSPS) is 19.5. The van der Waals surface area contributed by atoms with Crippen LogP contribution in [0.15, 0.2) is 18.2 Å². The maximum absolute atomic E-state index is 13.3. The van der Waals surface area contributed by atoms with Crippen LogP contribution in [-0.2, 0) is 9.53 Å². The van der Waals surface area contributed by atoms with Gasteiger partial charge in [0, 0.05) is 24.8 Å². The molecule has 1 aromatic rings. The van der Waals surface area contributed by atoms with Crippen LogP contribution in [0.5, 0.6) is 0 Å². The molecule has 1 aromatic carbocycles. The highest BCUT2D eigenvalue weighted by Crippen LogP contribution is 2.37. The van der Waals surface area contributed by atoms with E-state index < -0.39 is 5.54 Å². The summed E-state index contributed by atoms with van der Waals surface area (Å²) in [6.07, 6.45) is 1.15. The zero-order chi connectivity index (χ0) is 21.3. The first-order valence-electron chi connectivity index (χ1n) is 9.80. The molecule has 2 aliphatic rings. The van der Waals surface area contributed by atoms with E-state index in [2.05, 4.69) is 4.85 Å².